The molecule has 2 unspecified atom stereocenters. The van der Waals surface area contributed by atoms with E-state index in [4.69, 9.17) is 0 Å². The minimum Gasteiger partial charge on any atom is -0.373 e. The van der Waals surface area contributed by atoms with Gasteiger partial charge in [-0.3, -0.25) is 4.99 Å². The van der Waals surface area contributed by atoms with Crippen LogP contribution in [0, 0.1) is 11.8 Å². The first-order valence-corrected chi connectivity index (χ1v) is 5.37. The average molecular weight is 182 g/mol. The van der Waals surface area contributed by atoms with Gasteiger partial charge in [-0.15, -0.1) is 0 Å². The second kappa shape index (κ2) is 4.64. The van der Waals surface area contributed by atoms with Crippen molar-refractivity contribution in [2.24, 2.45) is 16.8 Å². The molecule has 0 spiro atoms. The molecule has 1 N–H and O–H groups in total. The Morgan fingerprint density at radius 2 is 2.08 bits per heavy atom. The topological polar surface area (TPSA) is 24.4 Å². The standard InChI is InChI=1S/C11H22N2/c1-8(2)5-10-6-11(9(3)4)13-7-12-10/h7-11H,5-6H2,1-4H3,(H,12,13). The molecule has 0 saturated heterocycles. The molecule has 0 aliphatic carbocycles. The molecule has 0 aromatic rings. The number of nitrogens with zero attached hydrogens (tertiary/aromatic N) is 1. The smallest absolute Gasteiger partial charge is 0.0829 e. The number of aliphatic imine (C=N–C) groups is 1. The molecule has 1 aliphatic heterocycles. The Morgan fingerprint density at radius 1 is 1.38 bits per heavy atom. The third kappa shape index (κ3) is 3.37. The lowest BCUT2D eigenvalue weighted by Gasteiger charge is -2.29. The van der Waals surface area contributed by atoms with Crippen LogP contribution in [0.5, 0.6) is 0 Å². The molecule has 0 saturated carbocycles. The van der Waals surface area contributed by atoms with Crippen molar-refractivity contribution in [3.63, 3.8) is 0 Å². The van der Waals surface area contributed by atoms with Gasteiger partial charge < -0.3 is 5.32 Å². The molecule has 1 rings (SSSR count). The Balaban J connectivity index is 2.42. The summed E-state index contributed by atoms with van der Waals surface area (Å²) in [5.74, 6) is 1.47. The number of hydrogen-bond acceptors (Lipinski definition) is 2. The van der Waals surface area contributed by atoms with E-state index >= 15 is 0 Å². The quantitative estimate of drug-likeness (QED) is 0.712. The zero-order valence-corrected chi connectivity index (χ0v) is 9.25. The Labute approximate surface area is 81.8 Å². The Morgan fingerprint density at radius 3 is 2.62 bits per heavy atom. The van der Waals surface area contributed by atoms with E-state index < -0.39 is 0 Å². The van der Waals surface area contributed by atoms with Crippen LogP contribution >= 0.6 is 0 Å². The fourth-order valence-corrected chi connectivity index (χ4v) is 1.83. The number of nitrogens with one attached hydrogen (secondary N) is 1. The van der Waals surface area contributed by atoms with Crippen molar-refractivity contribution in [1.29, 1.82) is 0 Å². The molecule has 0 fully saturated rings. The SMILES string of the molecule is CC(C)CC1CC(C(C)C)NC=N1. The molecule has 0 aromatic carbocycles. The minimum atomic E-state index is 0.550. The van der Waals surface area contributed by atoms with Crippen molar-refractivity contribution in [3.8, 4) is 0 Å². The lowest BCUT2D eigenvalue weighted by molar-refractivity contribution is 0.352. The van der Waals surface area contributed by atoms with Crippen molar-refractivity contribution in [1.82, 2.24) is 5.32 Å². The van der Waals surface area contributed by atoms with Crippen LogP contribution in [0.4, 0.5) is 0 Å². The summed E-state index contributed by atoms with van der Waals surface area (Å²) in [6.45, 7) is 9.07. The maximum absolute atomic E-state index is 4.47. The van der Waals surface area contributed by atoms with Crippen molar-refractivity contribution >= 4 is 6.34 Å². The summed E-state index contributed by atoms with van der Waals surface area (Å²) in [5.41, 5.74) is 0. The summed E-state index contributed by atoms with van der Waals surface area (Å²) in [6.07, 6.45) is 4.33. The predicted molar refractivity (Wildman–Crippen MR) is 58.1 cm³/mol. The van der Waals surface area contributed by atoms with Crippen LogP contribution in [-0.2, 0) is 0 Å². The van der Waals surface area contributed by atoms with Crippen molar-refractivity contribution in [2.75, 3.05) is 0 Å². The monoisotopic (exact) mass is 182 g/mol. The summed E-state index contributed by atoms with van der Waals surface area (Å²) in [5, 5.41) is 3.33. The van der Waals surface area contributed by atoms with Crippen molar-refractivity contribution < 1.29 is 0 Å². The molecule has 0 bridgehead atoms. The molecule has 2 nitrogen and oxygen atoms in total. The van der Waals surface area contributed by atoms with Crippen LogP contribution in [0.3, 0.4) is 0 Å². The zero-order chi connectivity index (χ0) is 9.84. The first kappa shape index (κ1) is 10.6. The minimum absolute atomic E-state index is 0.550. The third-order valence-electron chi connectivity index (χ3n) is 2.65. The lowest BCUT2D eigenvalue weighted by Crippen LogP contribution is -2.40. The van der Waals surface area contributed by atoms with E-state index in [9.17, 15) is 0 Å². The second-order valence-corrected chi connectivity index (χ2v) is 4.81. The summed E-state index contributed by atoms with van der Waals surface area (Å²) in [6, 6.07) is 1.18. The van der Waals surface area contributed by atoms with E-state index in [1.165, 1.54) is 12.8 Å². The molecule has 0 aromatic heterocycles. The van der Waals surface area contributed by atoms with E-state index in [0.717, 1.165) is 5.92 Å². The Kier molecular flexibility index (Phi) is 3.76. The van der Waals surface area contributed by atoms with Gasteiger partial charge in [-0.25, -0.2) is 0 Å². The molecule has 0 radical (unpaired) electrons. The van der Waals surface area contributed by atoms with Gasteiger partial charge in [0.1, 0.15) is 0 Å². The summed E-state index contributed by atoms with van der Waals surface area (Å²) in [7, 11) is 0. The number of hydrogen-bond donors (Lipinski definition) is 1. The molecule has 13 heavy (non-hydrogen) atoms. The summed E-state index contributed by atoms with van der Waals surface area (Å²) in [4.78, 5) is 4.47. The van der Waals surface area contributed by atoms with Crippen LogP contribution in [-0.4, -0.2) is 18.4 Å². The fraction of sp³-hybridized carbons (Fsp3) is 0.909. The predicted octanol–water partition coefficient (Wildman–Crippen LogP) is 2.45. The molecule has 2 heteroatoms. The molecule has 2 atom stereocenters. The highest BCUT2D eigenvalue weighted by molar-refractivity contribution is 5.56. The van der Waals surface area contributed by atoms with Crippen molar-refractivity contribution in [2.45, 2.75) is 52.6 Å². The van der Waals surface area contributed by atoms with Crippen LogP contribution < -0.4 is 5.32 Å². The molecular weight excluding hydrogens is 160 g/mol. The van der Waals surface area contributed by atoms with Gasteiger partial charge >= 0.3 is 0 Å². The first-order valence-electron chi connectivity index (χ1n) is 5.37. The summed E-state index contributed by atoms with van der Waals surface area (Å²) < 4.78 is 0. The van der Waals surface area contributed by atoms with Gasteiger partial charge in [-0.2, -0.15) is 0 Å². The fourth-order valence-electron chi connectivity index (χ4n) is 1.83. The van der Waals surface area contributed by atoms with Gasteiger partial charge in [0.2, 0.25) is 0 Å². The van der Waals surface area contributed by atoms with Gasteiger partial charge in [-0.1, -0.05) is 27.7 Å². The lowest BCUT2D eigenvalue weighted by atomic mass is 9.92. The molecule has 0 amide bonds. The normalized spacial score (nSPS) is 28.2. The third-order valence-corrected chi connectivity index (χ3v) is 2.65. The molecule has 1 aliphatic rings. The van der Waals surface area contributed by atoms with Gasteiger partial charge in [0.15, 0.2) is 0 Å². The largest absolute Gasteiger partial charge is 0.373 e. The highest BCUT2D eigenvalue weighted by Crippen LogP contribution is 2.19. The highest BCUT2D eigenvalue weighted by Gasteiger charge is 2.21. The Hall–Kier alpha value is -0.530. The van der Waals surface area contributed by atoms with E-state index in [1.54, 1.807) is 0 Å². The molecule has 76 valence electrons. The van der Waals surface area contributed by atoms with Crippen LogP contribution in [0.1, 0.15) is 40.5 Å². The van der Waals surface area contributed by atoms with Gasteiger partial charge in [0.25, 0.3) is 0 Å². The second-order valence-electron chi connectivity index (χ2n) is 4.81. The highest BCUT2D eigenvalue weighted by atomic mass is 15.0. The van der Waals surface area contributed by atoms with Crippen molar-refractivity contribution in [3.05, 3.63) is 0 Å². The van der Waals surface area contributed by atoms with Gasteiger partial charge in [0.05, 0.1) is 12.4 Å². The van der Waals surface area contributed by atoms with Gasteiger partial charge in [0, 0.05) is 6.04 Å². The molecular formula is C11H22N2. The average Bonchev–Trinajstić information content (AvgIpc) is 2.03. The van der Waals surface area contributed by atoms with Crippen LogP contribution in [0.2, 0.25) is 0 Å². The van der Waals surface area contributed by atoms with Crippen LogP contribution in [0.15, 0.2) is 4.99 Å². The Bertz CT molecular complexity index is 173. The van der Waals surface area contributed by atoms with Gasteiger partial charge in [-0.05, 0) is 24.7 Å². The molecule has 1 heterocycles. The summed E-state index contributed by atoms with van der Waals surface area (Å²) >= 11 is 0. The maximum atomic E-state index is 4.47. The zero-order valence-electron chi connectivity index (χ0n) is 9.25. The number of rotatable bonds is 3. The van der Waals surface area contributed by atoms with E-state index in [0.29, 0.717) is 18.0 Å². The maximum Gasteiger partial charge on any atom is 0.0829 e. The first-order chi connectivity index (χ1) is 6.09. The van der Waals surface area contributed by atoms with Crippen LogP contribution in [0.25, 0.3) is 0 Å². The van der Waals surface area contributed by atoms with E-state index in [1.807, 2.05) is 6.34 Å². The van der Waals surface area contributed by atoms with E-state index in [2.05, 4.69) is 38.0 Å². The van der Waals surface area contributed by atoms with E-state index in [-0.39, 0.29) is 0 Å².